The number of ether oxygens (including phenoxy) is 2. The van der Waals surface area contributed by atoms with Gasteiger partial charge in [0, 0.05) is 6.61 Å². The first-order chi connectivity index (χ1) is 10.9. The van der Waals surface area contributed by atoms with Crippen LogP contribution in [0.15, 0.2) is 30.3 Å². The molecule has 0 bridgehead atoms. The summed E-state index contributed by atoms with van der Waals surface area (Å²) in [6.45, 7) is 2.08. The van der Waals surface area contributed by atoms with Crippen molar-refractivity contribution in [2.45, 2.75) is 37.8 Å². The van der Waals surface area contributed by atoms with Crippen molar-refractivity contribution in [3.8, 4) is 0 Å². The minimum absolute atomic E-state index is 0.160. The molecule has 23 heavy (non-hydrogen) atoms. The van der Waals surface area contributed by atoms with E-state index in [4.69, 9.17) is 9.47 Å². The lowest BCUT2D eigenvalue weighted by Gasteiger charge is -2.29. The Morgan fingerprint density at radius 2 is 2.04 bits per heavy atom. The molecule has 0 aliphatic carbocycles. The van der Waals surface area contributed by atoms with E-state index < -0.39 is 21.5 Å². The van der Waals surface area contributed by atoms with Crippen LogP contribution in [0.5, 0.6) is 0 Å². The van der Waals surface area contributed by atoms with E-state index in [1.807, 2.05) is 0 Å². The van der Waals surface area contributed by atoms with Gasteiger partial charge in [0.2, 0.25) is 10.0 Å². The second-order valence-electron chi connectivity index (χ2n) is 5.85. The molecule has 1 fully saturated rings. The molecule has 0 unspecified atom stereocenters. The molecule has 0 aromatic heterocycles. The van der Waals surface area contributed by atoms with Gasteiger partial charge in [0.1, 0.15) is 0 Å². The van der Waals surface area contributed by atoms with Crippen LogP contribution in [0.4, 0.5) is 0 Å². The van der Waals surface area contributed by atoms with E-state index in [1.54, 1.807) is 30.3 Å². The minimum atomic E-state index is -3.72. The molecule has 7 heteroatoms. The Kier molecular flexibility index (Phi) is 5.78. The van der Waals surface area contributed by atoms with Crippen LogP contribution in [-0.4, -0.2) is 40.0 Å². The first kappa shape index (κ1) is 17.9. The molecule has 0 spiro atoms. The number of methoxy groups -OCH3 is 1. The van der Waals surface area contributed by atoms with Gasteiger partial charge in [-0.2, -0.15) is 4.72 Å². The van der Waals surface area contributed by atoms with Crippen LogP contribution in [0.1, 0.15) is 31.7 Å². The summed E-state index contributed by atoms with van der Waals surface area (Å²) in [5, 5.41) is 0. The van der Waals surface area contributed by atoms with Crippen molar-refractivity contribution in [1.29, 1.82) is 0 Å². The van der Waals surface area contributed by atoms with Gasteiger partial charge in [0.15, 0.2) is 5.54 Å². The van der Waals surface area contributed by atoms with Gasteiger partial charge in [-0.25, -0.2) is 13.2 Å². The van der Waals surface area contributed by atoms with Crippen molar-refractivity contribution in [3.63, 3.8) is 0 Å². The minimum Gasteiger partial charge on any atom is -0.467 e. The summed E-state index contributed by atoms with van der Waals surface area (Å²) >= 11 is 0. The average Bonchev–Trinajstić information content (AvgIpc) is 2.54. The quantitative estimate of drug-likeness (QED) is 0.794. The molecule has 1 aliphatic heterocycles. The molecule has 1 aliphatic rings. The molecule has 1 heterocycles. The topological polar surface area (TPSA) is 81.7 Å². The molecule has 128 valence electrons. The molecule has 0 radical (unpaired) electrons. The average molecular weight is 341 g/mol. The monoisotopic (exact) mass is 341 g/mol. The van der Waals surface area contributed by atoms with Gasteiger partial charge in [-0.1, -0.05) is 30.3 Å². The lowest BCUT2D eigenvalue weighted by Crippen LogP contribution is -2.52. The molecular weight excluding hydrogens is 318 g/mol. The van der Waals surface area contributed by atoms with Crippen LogP contribution in [0, 0.1) is 0 Å². The highest BCUT2D eigenvalue weighted by Gasteiger charge is 2.40. The highest BCUT2D eigenvalue weighted by atomic mass is 32.2. The Bertz CT molecular complexity index is 625. The van der Waals surface area contributed by atoms with E-state index in [1.165, 1.54) is 14.0 Å². The predicted octanol–water partition coefficient (Wildman–Crippen LogP) is 1.56. The fourth-order valence-corrected chi connectivity index (χ4v) is 4.39. The van der Waals surface area contributed by atoms with Crippen molar-refractivity contribution in [3.05, 3.63) is 35.9 Å². The SMILES string of the molecule is COC(=O)[C@](C)(NS(=O)(=O)C[C@@H]1CCCCO1)c1ccccc1. The first-order valence-corrected chi connectivity index (χ1v) is 9.30. The summed E-state index contributed by atoms with van der Waals surface area (Å²) in [4.78, 5) is 12.2. The maximum Gasteiger partial charge on any atom is 0.331 e. The largest absolute Gasteiger partial charge is 0.467 e. The number of hydrogen-bond acceptors (Lipinski definition) is 5. The summed E-state index contributed by atoms with van der Waals surface area (Å²) in [5.74, 6) is -0.816. The Morgan fingerprint density at radius 3 is 2.61 bits per heavy atom. The van der Waals surface area contributed by atoms with Crippen LogP contribution < -0.4 is 4.72 Å². The van der Waals surface area contributed by atoms with Crippen LogP contribution in [-0.2, 0) is 29.8 Å². The number of sulfonamides is 1. The second-order valence-corrected chi connectivity index (χ2v) is 7.62. The van der Waals surface area contributed by atoms with Crippen LogP contribution in [0.2, 0.25) is 0 Å². The van der Waals surface area contributed by atoms with E-state index in [0.29, 0.717) is 18.6 Å². The third-order valence-corrected chi connectivity index (χ3v) is 5.51. The Balaban J connectivity index is 2.21. The van der Waals surface area contributed by atoms with Gasteiger partial charge in [0.25, 0.3) is 0 Å². The van der Waals surface area contributed by atoms with E-state index in [-0.39, 0.29) is 11.9 Å². The summed E-state index contributed by atoms with van der Waals surface area (Å²) in [6, 6.07) is 8.67. The van der Waals surface area contributed by atoms with Gasteiger partial charge < -0.3 is 9.47 Å². The Morgan fingerprint density at radius 1 is 1.35 bits per heavy atom. The van der Waals surface area contributed by atoms with E-state index in [2.05, 4.69) is 4.72 Å². The summed E-state index contributed by atoms with van der Waals surface area (Å²) in [7, 11) is -2.48. The molecule has 2 rings (SSSR count). The molecule has 6 nitrogen and oxygen atoms in total. The molecule has 2 atom stereocenters. The number of carbonyl (C=O) groups excluding carboxylic acids is 1. The summed E-state index contributed by atoms with van der Waals surface area (Å²) in [5.41, 5.74) is -0.941. The Hall–Kier alpha value is -1.44. The van der Waals surface area contributed by atoms with Crippen LogP contribution in [0.3, 0.4) is 0 Å². The van der Waals surface area contributed by atoms with Gasteiger partial charge in [-0.15, -0.1) is 0 Å². The van der Waals surface area contributed by atoms with E-state index >= 15 is 0 Å². The van der Waals surface area contributed by atoms with E-state index in [0.717, 1.165) is 12.8 Å². The standard InChI is InChI=1S/C16H23NO5S/c1-16(15(18)21-2,13-8-4-3-5-9-13)17-23(19,20)12-14-10-6-7-11-22-14/h3-5,8-9,14,17H,6-7,10-12H2,1-2H3/t14-,16+/m0/s1. The van der Waals surface area contributed by atoms with Gasteiger partial charge in [-0.3, -0.25) is 0 Å². The molecule has 1 aromatic rings. The number of carbonyl (C=O) groups is 1. The molecular formula is C16H23NO5S. The van der Waals surface area contributed by atoms with Crippen molar-refractivity contribution >= 4 is 16.0 Å². The molecule has 1 aromatic carbocycles. The zero-order valence-electron chi connectivity index (χ0n) is 13.4. The fourth-order valence-electron chi connectivity index (χ4n) is 2.73. The zero-order chi connectivity index (χ0) is 16.9. The van der Waals surface area contributed by atoms with Gasteiger partial charge in [0.05, 0.1) is 19.0 Å². The number of rotatable bonds is 6. The molecule has 0 saturated carbocycles. The highest BCUT2D eigenvalue weighted by Crippen LogP contribution is 2.24. The lowest BCUT2D eigenvalue weighted by molar-refractivity contribution is -0.147. The number of benzene rings is 1. The van der Waals surface area contributed by atoms with Gasteiger partial charge >= 0.3 is 5.97 Å². The lowest BCUT2D eigenvalue weighted by atomic mass is 9.93. The van der Waals surface area contributed by atoms with Crippen molar-refractivity contribution < 1.29 is 22.7 Å². The Labute approximate surface area is 137 Å². The van der Waals surface area contributed by atoms with E-state index in [9.17, 15) is 13.2 Å². The maximum absolute atomic E-state index is 12.5. The zero-order valence-corrected chi connectivity index (χ0v) is 14.3. The molecule has 1 saturated heterocycles. The third kappa shape index (κ3) is 4.53. The second kappa shape index (κ2) is 7.42. The normalized spacial score (nSPS) is 21.4. The van der Waals surface area contributed by atoms with Crippen molar-refractivity contribution in [1.82, 2.24) is 4.72 Å². The third-order valence-electron chi connectivity index (χ3n) is 3.98. The maximum atomic E-state index is 12.5. The highest BCUT2D eigenvalue weighted by molar-refractivity contribution is 7.89. The number of hydrogen-bond donors (Lipinski definition) is 1. The van der Waals surface area contributed by atoms with Gasteiger partial charge in [-0.05, 0) is 31.7 Å². The van der Waals surface area contributed by atoms with Crippen molar-refractivity contribution in [2.24, 2.45) is 0 Å². The van der Waals surface area contributed by atoms with Crippen LogP contribution >= 0.6 is 0 Å². The summed E-state index contributed by atoms with van der Waals surface area (Å²) < 4.78 is 37.8. The number of nitrogens with one attached hydrogen (secondary N) is 1. The first-order valence-electron chi connectivity index (χ1n) is 7.64. The smallest absolute Gasteiger partial charge is 0.331 e. The molecule has 1 N–H and O–H groups in total. The predicted molar refractivity (Wildman–Crippen MR) is 86.3 cm³/mol. The number of esters is 1. The van der Waals surface area contributed by atoms with Crippen molar-refractivity contribution in [2.75, 3.05) is 19.5 Å². The fraction of sp³-hybridized carbons (Fsp3) is 0.562. The molecule has 0 amide bonds. The van der Waals surface area contributed by atoms with Crippen LogP contribution in [0.25, 0.3) is 0 Å². The summed E-state index contributed by atoms with van der Waals surface area (Å²) in [6.07, 6.45) is 2.28.